The zero-order valence-corrected chi connectivity index (χ0v) is 13.5. The molecular formula is C16H27NO3. The highest BCUT2D eigenvalue weighted by atomic mass is 16.5. The summed E-state index contributed by atoms with van der Waals surface area (Å²) in [5.74, 6) is 2.29. The van der Waals surface area contributed by atoms with Gasteiger partial charge < -0.3 is 19.5 Å². The van der Waals surface area contributed by atoms with E-state index in [4.69, 9.17) is 14.2 Å². The van der Waals surface area contributed by atoms with Gasteiger partial charge >= 0.3 is 0 Å². The van der Waals surface area contributed by atoms with Crippen LogP contribution in [0.3, 0.4) is 0 Å². The minimum absolute atomic E-state index is 0.0880. The van der Waals surface area contributed by atoms with Crippen LogP contribution in [-0.4, -0.2) is 26.9 Å². The number of benzene rings is 1. The standard InChI is InChI=1S/C16H27NO3/c1-7-8-16(2,3)17-11-13-14(19-5)9-12(18-4)10-15(13)20-6/h9-10,17H,7-8,11H2,1-6H3. The first-order valence-corrected chi connectivity index (χ1v) is 7.01. The molecule has 4 nitrogen and oxygen atoms in total. The quantitative estimate of drug-likeness (QED) is 0.793. The first-order chi connectivity index (χ1) is 9.47. The third-order valence-corrected chi connectivity index (χ3v) is 3.44. The summed E-state index contributed by atoms with van der Waals surface area (Å²) in [5, 5.41) is 3.56. The average Bonchev–Trinajstić information content (AvgIpc) is 2.44. The third-order valence-electron chi connectivity index (χ3n) is 3.44. The number of nitrogens with one attached hydrogen (secondary N) is 1. The van der Waals surface area contributed by atoms with E-state index in [9.17, 15) is 0 Å². The summed E-state index contributed by atoms with van der Waals surface area (Å²) in [7, 11) is 4.96. The monoisotopic (exact) mass is 281 g/mol. The second-order valence-electron chi connectivity index (χ2n) is 5.50. The smallest absolute Gasteiger partial charge is 0.130 e. The van der Waals surface area contributed by atoms with Crippen molar-refractivity contribution in [3.8, 4) is 17.2 Å². The molecule has 0 aromatic heterocycles. The zero-order valence-electron chi connectivity index (χ0n) is 13.5. The van der Waals surface area contributed by atoms with E-state index in [1.54, 1.807) is 21.3 Å². The van der Waals surface area contributed by atoms with E-state index in [0.717, 1.165) is 35.7 Å². The Morgan fingerprint density at radius 1 is 1.00 bits per heavy atom. The number of methoxy groups -OCH3 is 3. The first kappa shape index (κ1) is 16.6. The minimum atomic E-state index is 0.0880. The van der Waals surface area contributed by atoms with Crippen LogP contribution in [0.15, 0.2) is 12.1 Å². The van der Waals surface area contributed by atoms with Crippen LogP contribution in [0, 0.1) is 0 Å². The lowest BCUT2D eigenvalue weighted by molar-refractivity contribution is 0.336. The van der Waals surface area contributed by atoms with Crippen molar-refractivity contribution in [1.82, 2.24) is 5.32 Å². The molecule has 0 fully saturated rings. The zero-order chi connectivity index (χ0) is 15.2. The second kappa shape index (κ2) is 7.39. The van der Waals surface area contributed by atoms with Gasteiger partial charge in [-0.3, -0.25) is 0 Å². The Labute approximate surface area is 122 Å². The molecule has 1 N–H and O–H groups in total. The molecule has 4 heteroatoms. The van der Waals surface area contributed by atoms with Crippen LogP contribution in [0.1, 0.15) is 39.2 Å². The van der Waals surface area contributed by atoms with E-state index < -0.39 is 0 Å². The Balaban J connectivity index is 2.98. The number of ether oxygens (including phenoxy) is 3. The molecule has 20 heavy (non-hydrogen) atoms. The van der Waals surface area contributed by atoms with Crippen molar-refractivity contribution in [2.45, 2.75) is 45.7 Å². The first-order valence-electron chi connectivity index (χ1n) is 7.01. The number of rotatable bonds is 8. The lowest BCUT2D eigenvalue weighted by Crippen LogP contribution is -2.38. The molecule has 0 amide bonds. The van der Waals surface area contributed by atoms with Crippen LogP contribution >= 0.6 is 0 Å². The fraction of sp³-hybridized carbons (Fsp3) is 0.625. The van der Waals surface area contributed by atoms with Crippen LogP contribution in [0.4, 0.5) is 0 Å². The molecule has 1 rings (SSSR count). The van der Waals surface area contributed by atoms with E-state index >= 15 is 0 Å². The predicted octanol–water partition coefficient (Wildman–Crippen LogP) is 3.38. The van der Waals surface area contributed by atoms with Crippen molar-refractivity contribution in [3.63, 3.8) is 0 Å². The lowest BCUT2D eigenvalue weighted by atomic mass is 9.98. The molecule has 1 aromatic carbocycles. The van der Waals surface area contributed by atoms with Gasteiger partial charge in [-0.2, -0.15) is 0 Å². The van der Waals surface area contributed by atoms with E-state index in [1.165, 1.54) is 0 Å². The molecule has 0 saturated heterocycles. The Morgan fingerprint density at radius 3 is 1.95 bits per heavy atom. The molecule has 0 unspecified atom stereocenters. The summed E-state index contributed by atoms with van der Waals surface area (Å²) in [6, 6.07) is 3.76. The summed E-state index contributed by atoms with van der Waals surface area (Å²) >= 11 is 0. The van der Waals surface area contributed by atoms with Gasteiger partial charge in [0.05, 0.1) is 26.9 Å². The average molecular weight is 281 g/mol. The van der Waals surface area contributed by atoms with Gasteiger partial charge in [-0.25, -0.2) is 0 Å². The molecule has 114 valence electrons. The van der Waals surface area contributed by atoms with Crippen LogP contribution in [0.2, 0.25) is 0 Å². The van der Waals surface area contributed by atoms with Gasteiger partial charge in [0.25, 0.3) is 0 Å². The molecule has 1 aromatic rings. The molecule has 0 aliphatic heterocycles. The maximum Gasteiger partial charge on any atom is 0.130 e. The van der Waals surface area contributed by atoms with Crippen molar-refractivity contribution in [2.24, 2.45) is 0 Å². The van der Waals surface area contributed by atoms with E-state index in [-0.39, 0.29) is 5.54 Å². The topological polar surface area (TPSA) is 39.7 Å². The Morgan fingerprint density at radius 2 is 1.55 bits per heavy atom. The maximum absolute atomic E-state index is 5.46. The highest BCUT2D eigenvalue weighted by Crippen LogP contribution is 2.34. The van der Waals surface area contributed by atoms with Gasteiger partial charge in [0.2, 0.25) is 0 Å². The van der Waals surface area contributed by atoms with Gasteiger partial charge in [0.1, 0.15) is 17.2 Å². The molecular weight excluding hydrogens is 254 g/mol. The molecule has 0 radical (unpaired) electrons. The van der Waals surface area contributed by atoms with Crippen LogP contribution < -0.4 is 19.5 Å². The SMILES string of the molecule is CCCC(C)(C)NCc1c(OC)cc(OC)cc1OC. The molecule has 0 aliphatic rings. The second-order valence-corrected chi connectivity index (χ2v) is 5.50. The highest BCUT2D eigenvalue weighted by molar-refractivity contribution is 5.50. The summed E-state index contributed by atoms with van der Waals surface area (Å²) in [6.45, 7) is 7.30. The van der Waals surface area contributed by atoms with Crippen molar-refractivity contribution in [1.29, 1.82) is 0 Å². The predicted molar refractivity (Wildman–Crippen MR) is 81.9 cm³/mol. The Bertz CT molecular complexity index is 405. The normalized spacial score (nSPS) is 11.3. The Hall–Kier alpha value is -1.42. The number of hydrogen-bond donors (Lipinski definition) is 1. The van der Waals surface area contributed by atoms with E-state index in [2.05, 4.69) is 26.1 Å². The molecule has 0 heterocycles. The van der Waals surface area contributed by atoms with Crippen molar-refractivity contribution in [3.05, 3.63) is 17.7 Å². The molecule has 0 atom stereocenters. The summed E-state index contributed by atoms with van der Waals surface area (Å²) in [5.41, 5.74) is 1.10. The molecule has 0 spiro atoms. The van der Waals surface area contributed by atoms with Crippen LogP contribution in [-0.2, 0) is 6.54 Å². The van der Waals surface area contributed by atoms with E-state index in [1.807, 2.05) is 12.1 Å². The van der Waals surface area contributed by atoms with Gasteiger partial charge in [-0.1, -0.05) is 13.3 Å². The largest absolute Gasteiger partial charge is 0.496 e. The Kier molecular flexibility index (Phi) is 6.14. The third kappa shape index (κ3) is 4.30. The van der Waals surface area contributed by atoms with Crippen LogP contribution in [0.25, 0.3) is 0 Å². The maximum atomic E-state index is 5.46. The van der Waals surface area contributed by atoms with Crippen molar-refractivity contribution in [2.75, 3.05) is 21.3 Å². The molecule has 0 bridgehead atoms. The van der Waals surface area contributed by atoms with Crippen molar-refractivity contribution >= 4 is 0 Å². The summed E-state index contributed by atoms with van der Waals surface area (Å²) in [4.78, 5) is 0. The lowest BCUT2D eigenvalue weighted by Gasteiger charge is -2.27. The highest BCUT2D eigenvalue weighted by Gasteiger charge is 2.19. The van der Waals surface area contributed by atoms with Crippen LogP contribution in [0.5, 0.6) is 17.2 Å². The summed E-state index contributed by atoms with van der Waals surface area (Å²) < 4.78 is 16.2. The minimum Gasteiger partial charge on any atom is -0.496 e. The van der Waals surface area contributed by atoms with Gasteiger partial charge in [-0.05, 0) is 20.3 Å². The van der Waals surface area contributed by atoms with Crippen molar-refractivity contribution < 1.29 is 14.2 Å². The van der Waals surface area contributed by atoms with Gasteiger partial charge in [0.15, 0.2) is 0 Å². The van der Waals surface area contributed by atoms with Gasteiger partial charge in [-0.15, -0.1) is 0 Å². The summed E-state index contributed by atoms with van der Waals surface area (Å²) in [6.07, 6.45) is 2.27. The molecule has 0 aliphatic carbocycles. The van der Waals surface area contributed by atoms with E-state index in [0.29, 0.717) is 6.54 Å². The van der Waals surface area contributed by atoms with Gasteiger partial charge in [0, 0.05) is 24.2 Å². The fourth-order valence-electron chi connectivity index (χ4n) is 2.29. The number of hydrogen-bond acceptors (Lipinski definition) is 4. The molecule has 0 saturated carbocycles. The fourth-order valence-corrected chi connectivity index (χ4v) is 2.29.